The van der Waals surface area contributed by atoms with Crippen molar-refractivity contribution in [1.29, 1.82) is 0 Å². The Morgan fingerprint density at radius 1 is 0.279 bits per heavy atom. The van der Waals surface area contributed by atoms with Gasteiger partial charge in [0.05, 0.1) is 26.4 Å². The van der Waals surface area contributed by atoms with Crippen LogP contribution in [0.4, 0.5) is 0 Å². The second-order valence-electron chi connectivity index (χ2n) is 27.7. The van der Waals surface area contributed by atoms with Gasteiger partial charge in [-0.05, 0) is 128 Å². The molecule has 0 aliphatic heterocycles. The smallest absolute Gasteiger partial charge is 0.462 e. The third-order valence-corrected chi connectivity index (χ3v) is 19.4. The lowest BCUT2D eigenvalue weighted by Gasteiger charge is -2.21. The molecule has 0 rings (SSSR count). The van der Waals surface area contributed by atoms with Gasteiger partial charge in [-0.25, -0.2) is 9.13 Å². The number of ether oxygens (including phenoxy) is 4. The minimum absolute atomic E-state index is 0.0797. The van der Waals surface area contributed by atoms with Gasteiger partial charge in [-0.3, -0.25) is 37.3 Å². The van der Waals surface area contributed by atoms with Crippen molar-refractivity contribution >= 4 is 39.5 Å². The number of aliphatic hydroxyl groups excluding tert-OH is 1. The van der Waals surface area contributed by atoms with Crippen molar-refractivity contribution in [3.8, 4) is 0 Å². The molecule has 0 fully saturated rings. The van der Waals surface area contributed by atoms with Gasteiger partial charge < -0.3 is 33.8 Å². The summed E-state index contributed by atoms with van der Waals surface area (Å²) in [6.45, 7) is 4.73. The van der Waals surface area contributed by atoms with Crippen LogP contribution in [0.25, 0.3) is 0 Å². The molecule has 0 radical (unpaired) electrons. The average molecular weight is 1510 g/mol. The van der Waals surface area contributed by atoms with Crippen LogP contribution in [0.1, 0.15) is 362 Å². The molecule has 5 unspecified atom stereocenters. The first-order valence-corrected chi connectivity index (χ1v) is 44.5. The van der Waals surface area contributed by atoms with Crippen LogP contribution < -0.4 is 0 Å². The van der Waals surface area contributed by atoms with E-state index in [0.717, 1.165) is 173 Å². The minimum Gasteiger partial charge on any atom is -0.462 e. The number of esters is 4. The number of rotatable bonds is 78. The minimum atomic E-state index is -4.98. The van der Waals surface area contributed by atoms with Crippen LogP contribution >= 0.6 is 15.6 Å². The second-order valence-corrected chi connectivity index (χ2v) is 30.6. The molecule has 0 saturated carbocycles. The molecule has 0 bridgehead atoms. The van der Waals surface area contributed by atoms with Gasteiger partial charge in [-0.1, -0.05) is 305 Å². The summed E-state index contributed by atoms with van der Waals surface area (Å²) < 4.78 is 68.7. The van der Waals surface area contributed by atoms with E-state index in [1.54, 1.807) is 0 Å². The molecule has 0 aliphatic carbocycles. The van der Waals surface area contributed by atoms with Gasteiger partial charge in [0.15, 0.2) is 12.2 Å². The number of carbonyl (C=O) groups is 4. The fourth-order valence-electron chi connectivity index (χ4n) is 11.2. The van der Waals surface area contributed by atoms with E-state index in [4.69, 9.17) is 37.0 Å². The van der Waals surface area contributed by atoms with Crippen LogP contribution in [0, 0.1) is 0 Å². The number of unbranched alkanes of at least 4 members (excludes halogenated alkanes) is 36. The summed E-state index contributed by atoms with van der Waals surface area (Å²) in [6.07, 6.45) is 82.3. The lowest BCUT2D eigenvalue weighted by Crippen LogP contribution is -2.30. The molecule has 0 aromatic rings. The maximum Gasteiger partial charge on any atom is 0.472 e. The summed E-state index contributed by atoms with van der Waals surface area (Å²) in [4.78, 5) is 73.1. The molecule has 17 nitrogen and oxygen atoms in total. The molecule has 0 saturated heterocycles. The lowest BCUT2D eigenvalue weighted by molar-refractivity contribution is -0.161. The molecule has 19 heteroatoms. The van der Waals surface area contributed by atoms with Crippen molar-refractivity contribution < 1.29 is 80.2 Å². The topological polar surface area (TPSA) is 237 Å². The molecule has 3 N–H and O–H groups in total. The summed E-state index contributed by atoms with van der Waals surface area (Å²) in [5, 5.41) is 10.7. The number of allylic oxidation sites excluding steroid dienone is 16. The largest absolute Gasteiger partial charge is 0.472 e. The number of aliphatic hydroxyl groups is 1. The maximum absolute atomic E-state index is 13.1. The van der Waals surface area contributed by atoms with Crippen molar-refractivity contribution in [3.05, 3.63) is 97.2 Å². The van der Waals surface area contributed by atoms with Gasteiger partial charge in [0.2, 0.25) is 0 Å². The van der Waals surface area contributed by atoms with Crippen molar-refractivity contribution in [2.24, 2.45) is 0 Å². The predicted octanol–water partition coefficient (Wildman–Crippen LogP) is 24.3. The molecule has 0 heterocycles. The van der Waals surface area contributed by atoms with Gasteiger partial charge in [0, 0.05) is 25.7 Å². The van der Waals surface area contributed by atoms with Crippen molar-refractivity contribution in [2.45, 2.75) is 380 Å². The van der Waals surface area contributed by atoms with Gasteiger partial charge in [0.1, 0.15) is 19.3 Å². The summed E-state index contributed by atoms with van der Waals surface area (Å²) in [6, 6.07) is 0. The second kappa shape index (κ2) is 77.1. The Morgan fingerprint density at radius 2 is 0.500 bits per heavy atom. The van der Waals surface area contributed by atoms with Gasteiger partial charge in [-0.15, -0.1) is 0 Å². The zero-order valence-electron chi connectivity index (χ0n) is 65.9. The van der Waals surface area contributed by atoms with Crippen LogP contribution in [0.5, 0.6) is 0 Å². The molecule has 0 amide bonds. The molecular weight excluding hydrogens is 1350 g/mol. The zero-order valence-corrected chi connectivity index (χ0v) is 67.7. The SMILES string of the molecule is CC/C=C\C/C=C\C/C=C\C/C=C\CCCCCCC(=O)OCC(COP(=O)(O)OCC(O)COP(=O)(O)OCC(COC(=O)CCCCCCCC/C=C\C/C=C\C/C=C\CCCCC)OC(=O)CCCCCCCCCCCCCCCCC)OC(=O)CCCCCCC/C=C\CCCCCC. The number of hydrogen-bond donors (Lipinski definition) is 3. The summed E-state index contributed by atoms with van der Waals surface area (Å²) >= 11 is 0. The van der Waals surface area contributed by atoms with Gasteiger partial charge in [-0.2, -0.15) is 0 Å². The maximum atomic E-state index is 13.1. The molecule has 0 aromatic carbocycles. The fraction of sp³-hybridized carbons (Fsp3) is 0.765. The van der Waals surface area contributed by atoms with Crippen LogP contribution in [0.3, 0.4) is 0 Å². The molecular formula is C85H150O17P2. The van der Waals surface area contributed by atoms with E-state index < -0.39 is 97.5 Å². The number of phosphoric acid groups is 2. The Balaban J connectivity index is 5.36. The molecule has 0 spiro atoms. The first-order valence-electron chi connectivity index (χ1n) is 41.5. The quantitative estimate of drug-likeness (QED) is 0.0169. The van der Waals surface area contributed by atoms with Crippen molar-refractivity contribution in [1.82, 2.24) is 0 Å². The third-order valence-electron chi connectivity index (χ3n) is 17.5. The highest BCUT2D eigenvalue weighted by molar-refractivity contribution is 7.47. The summed E-state index contributed by atoms with van der Waals surface area (Å²) in [7, 11) is -9.96. The Kier molecular flexibility index (Phi) is 74.2. The molecule has 0 aromatic heterocycles. The van der Waals surface area contributed by atoms with Crippen molar-refractivity contribution in [2.75, 3.05) is 39.6 Å². The van der Waals surface area contributed by atoms with Crippen LogP contribution in [-0.4, -0.2) is 96.7 Å². The number of phosphoric ester groups is 2. The lowest BCUT2D eigenvalue weighted by atomic mass is 10.0. The van der Waals surface area contributed by atoms with Crippen LogP contribution in [0.2, 0.25) is 0 Å². The number of carbonyl (C=O) groups excluding carboxylic acids is 4. The monoisotopic (exact) mass is 1510 g/mol. The normalized spacial score (nSPS) is 14.3. The zero-order chi connectivity index (χ0) is 76.0. The molecule has 104 heavy (non-hydrogen) atoms. The third kappa shape index (κ3) is 76.2. The molecule has 602 valence electrons. The summed E-state index contributed by atoms with van der Waals surface area (Å²) in [5.41, 5.74) is 0. The van der Waals surface area contributed by atoms with Crippen LogP contribution in [0.15, 0.2) is 97.2 Å². The van der Waals surface area contributed by atoms with E-state index in [-0.39, 0.29) is 25.7 Å². The van der Waals surface area contributed by atoms with Gasteiger partial charge in [0.25, 0.3) is 0 Å². The Morgan fingerprint density at radius 3 is 0.808 bits per heavy atom. The van der Waals surface area contributed by atoms with Crippen LogP contribution in [-0.2, 0) is 65.4 Å². The number of hydrogen-bond acceptors (Lipinski definition) is 15. The standard InChI is InChI=1S/C85H150O17P2/c1-5-9-13-17-21-25-29-33-36-38-39-41-44-47-50-54-58-62-66-70-83(88)96-76-81(102-85(90)72-68-64-60-56-52-48-42-35-31-27-23-19-15-11-7-3)78-100-104(93,94)98-74-79(86)73-97-103(91,92)99-77-80(101-84(89)71-67-63-59-55-51-45-32-28-24-20-16-12-8-4)75-95-82(87)69-65-61-57-53-49-46-43-40-37-34-30-26-22-18-14-10-6-2/h10,14,21-22,25-26,28,32-34,36-37,39,41,43,46,79-81,86H,5-9,11-13,15-20,23-24,27,29-31,35,38,40,42,44-45,47-78H2,1-4H3,(H,91,92)(H,93,94)/b14-10-,25-21-,26-22-,32-28-,36-33-,37-34-,41-39-,46-43-. The highest BCUT2D eigenvalue weighted by Gasteiger charge is 2.30. The van der Waals surface area contributed by atoms with E-state index in [9.17, 15) is 43.2 Å². The van der Waals surface area contributed by atoms with E-state index in [1.807, 2.05) is 0 Å². The molecule has 5 atom stereocenters. The van der Waals surface area contributed by atoms with Gasteiger partial charge >= 0.3 is 39.5 Å². The van der Waals surface area contributed by atoms with E-state index >= 15 is 0 Å². The van der Waals surface area contributed by atoms with E-state index in [0.29, 0.717) is 25.7 Å². The Hall–Kier alpha value is -4.02. The Labute approximate surface area is 633 Å². The fourth-order valence-corrected chi connectivity index (χ4v) is 12.8. The molecule has 0 aliphatic rings. The highest BCUT2D eigenvalue weighted by Crippen LogP contribution is 2.45. The first kappa shape index (κ1) is 100.0. The van der Waals surface area contributed by atoms with E-state index in [2.05, 4.69) is 125 Å². The van der Waals surface area contributed by atoms with E-state index in [1.165, 1.54) is 109 Å². The van der Waals surface area contributed by atoms with Crippen molar-refractivity contribution in [3.63, 3.8) is 0 Å². The average Bonchev–Trinajstić information content (AvgIpc) is 0.918. The highest BCUT2D eigenvalue weighted by atomic mass is 31.2. The predicted molar refractivity (Wildman–Crippen MR) is 427 cm³/mol. The summed E-state index contributed by atoms with van der Waals surface area (Å²) in [5.74, 6) is -2.20. The first-order chi connectivity index (χ1) is 50.7. The Bertz CT molecular complexity index is 2350.